The first kappa shape index (κ1) is 19.0. The Kier molecular flexibility index (Phi) is 5.73. The van der Waals surface area contributed by atoms with Gasteiger partial charge in [0.05, 0.1) is 19.3 Å². The maximum Gasteiger partial charge on any atom is 0.258 e. The zero-order chi connectivity index (χ0) is 18.7. The maximum absolute atomic E-state index is 13.3. The Labute approximate surface area is 159 Å². The second kappa shape index (κ2) is 7.84. The predicted octanol–water partition coefficient (Wildman–Crippen LogP) is 2.59. The number of rotatable bonds is 5. The van der Waals surface area contributed by atoms with Gasteiger partial charge in [-0.05, 0) is 43.9 Å². The van der Waals surface area contributed by atoms with Gasteiger partial charge in [-0.2, -0.15) is 0 Å². The van der Waals surface area contributed by atoms with Crippen LogP contribution < -0.4 is 4.74 Å². The molecule has 1 aromatic rings. The average Bonchev–Trinajstić information content (AvgIpc) is 3.06. The highest BCUT2D eigenvalue weighted by atomic mass is 35.5. The van der Waals surface area contributed by atoms with Crippen LogP contribution in [0.2, 0.25) is 5.02 Å². The van der Waals surface area contributed by atoms with E-state index in [1.165, 1.54) is 7.11 Å². The first-order valence-corrected chi connectivity index (χ1v) is 9.35. The molecule has 0 bridgehead atoms. The molecular weight excluding hydrogens is 356 g/mol. The second-order valence-corrected chi connectivity index (χ2v) is 7.26. The molecule has 0 saturated carbocycles. The lowest BCUT2D eigenvalue weighted by atomic mass is 9.85. The molecule has 1 atom stereocenters. The van der Waals surface area contributed by atoms with E-state index in [9.17, 15) is 9.59 Å². The number of halogens is 1. The molecular formula is C19H25ClN2O4. The summed E-state index contributed by atoms with van der Waals surface area (Å²) in [6.07, 6.45) is 3.12. The van der Waals surface area contributed by atoms with E-state index >= 15 is 0 Å². The van der Waals surface area contributed by atoms with Crippen molar-refractivity contribution < 1.29 is 19.1 Å². The van der Waals surface area contributed by atoms with Gasteiger partial charge in [0, 0.05) is 31.8 Å². The van der Waals surface area contributed by atoms with Crippen molar-refractivity contribution in [2.75, 3.05) is 40.5 Å². The Morgan fingerprint density at radius 2 is 1.96 bits per heavy atom. The first-order chi connectivity index (χ1) is 12.5. The fraction of sp³-hybridized carbons (Fsp3) is 0.579. The van der Waals surface area contributed by atoms with Crippen molar-refractivity contribution in [2.45, 2.75) is 31.2 Å². The number of carbonyl (C=O) groups excluding carboxylic acids is 2. The van der Waals surface area contributed by atoms with Crippen molar-refractivity contribution in [3.8, 4) is 5.75 Å². The van der Waals surface area contributed by atoms with Gasteiger partial charge in [0.2, 0.25) is 5.91 Å². The van der Waals surface area contributed by atoms with Gasteiger partial charge in [0.25, 0.3) is 5.91 Å². The van der Waals surface area contributed by atoms with Gasteiger partial charge in [-0.25, -0.2) is 0 Å². The van der Waals surface area contributed by atoms with Crippen LogP contribution in [-0.2, 0) is 9.53 Å². The Hall–Kier alpha value is -1.79. The number of methoxy groups -OCH3 is 2. The molecule has 0 aromatic heterocycles. The lowest BCUT2D eigenvalue weighted by molar-refractivity contribution is -0.146. The molecule has 3 rings (SSSR count). The van der Waals surface area contributed by atoms with Gasteiger partial charge in [-0.1, -0.05) is 11.6 Å². The maximum atomic E-state index is 13.3. The highest BCUT2D eigenvalue weighted by Crippen LogP contribution is 2.40. The minimum absolute atomic E-state index is 0.0413. The number of likely N-dealkylation sites (tertiary alicyclic amines) is 2. The summed E-state index contributed by atoms with van der Waals surface area (Å²) in [6.45, 7) is 2.36. The van der Waals surface area contributed by atoms with Gasteiger partial charge in [-0.15, -0.1) is 0 Å². The number of nitrogens with zero attached hydrogens (tertiary/aromatic N) is 2. The highest BCUT2D eigenvalue weighted by Gasteiger charge is 2.52. The number of benzene rings is 1. The van der Waals surface area contributed by atoms with Crippen LogP contribution >= 0.6 is 11.6 Å². The largest absolute Gasteiger partial charge is 0.496 e. The number of hydrogen-bond donors (Lipinski definition) is 0. The van der Waals surface area contributed by atoms with E-state index in [0.717, 1.165) is 19.4 Å². The Morgan fingerprint density at radius 3 is 2.65 bits per heavy atom. The molecule has 2 amide bonds. The number of carbonyl (C=O) groups is 2. The summed E-state index contributed by atoms with van der Waals surface area (Å²) in [4.78, 5) is 30.1. The van der Waals surface area contributed by atoms with E-state index < -0.39 is 5.54 Å². The molecule has 1 unspecified atom stereocenters. The number of hydrogen-bond acceptors (Lipinski definition) is 4. The third-order valence-corrected chi connectivity index (χ3v) is 5.63. The van der Waals surface area contributed by atoms with Crippen molar-refractivity contribution in [3.63, 3.8) is 0 Å². The van der Waals surface area contributed by atoms with Crippen LogP contribution in [0.1, 0.15) is 36.0 Å². The quantitative estimate of drug-likeness (QED) is 0.787. The van der Waals surface area contributed by atoms with Crippen LogP contribution in [0.4, 0.5) is 0 Å². The molecule has 2 aliphatic heterocycles. The van der Waals surface area contributed by atoms with Crippen molar-refractivity contribution in [1.29, 1.82) is 0 Å². The van der Waals surface area contributed by atoms with Crippen LogP contribution in [0.5, 0.6) is 5.75 Å². The Morgan fingerprint density at radius 1 is 1.23 bits per heavy atom. The zero-order valence-corrected chi connectivity index (χ0v) is 16.1. The molecule has 2 saturated heterocycles. The molecule has 0 aliphatic carbocycles. The molecule has 0 N–H and O–H groups in total. The van der Waals surface area contributed by atoms with E-state index in [1.807, 2.05) is 4.90 Å². The minimum atomic E-state index is -0.742. The van der Waals surface area contributed by atoms with Crippen LogP contribution in [0.25, 0.3) is 0 Å². The van der Waals surface area contributed by atoms with Crippen molar-refractivity contribution in [1.82, 2.24) is 9.80 Å². The van der Waals surface area contributed by atoms with Gasteiger partial charge in [-0.3, -0.25) is 9.59 Å². The van der Waals surface area contributed by atoms with Crippen LogP contribution in [0.3, 0.4) is 0 Å². The summed E-state index contributed by atoms with van der Waals surface area (Å²) >= 11 is 6.02. The zero-order valence-electron chi connectivity index (χ0n) is 15.3. The van der Waals surface area contributed by atoms with Crippen molar-refractivity contribution >= 4 is 23.4 Å². The molecule has 7 heteroatoms. The van der Waals surface area contributed by atoms with Gasteiger partial charge < -0.3 is 19.3 Å². The molecule has 0 radical (unpaired) electrons. The summed E-state index contributed by atoms with van der Waals surface area (Å²) in [7, 11) is 3.14. The molecule has 2 aliphatic rings. The molecule has 2 fully saturated rings. The lowest BCUT2D eigenvalue weighted by Crippen LogP contribution is -2.61. The summed E-state index contributed by atoms with van der Waals surface area (Å²) in [5.41, 5.74) is -0.298. The predicted molar refractivity (Wildman–Crippen MR) is 98.7 cm³/mol. The summed E-state index contributed by atoms with van der Waals surface area (Å²) in [5, 5.41) is 0.508. The fourth-order valence-corrected chi connectivity index (χ4v) is 4.29. The lowest BCUT2D eigenvalue weighted by Gasteiger charge is -2.44. The standard InChI is InChI=1S/C19H25ClN2O4/c1-25-12-11-21-9-3-7-19(18(21)24)8-4-10-22(19)17(23)15-6-5-14(20)13-16(15)26-2/h5-6,13H,3-4,7-12H2,1-2H3. The molecule has 2 heterocycles. The van der Waals surface area contributed by atoms with Crippen LogP contribution in [-0.4, -0.2) is 67.6 Å². The molecule has 142 valence electrons. The summed E-state index contributed by atoms with van der Waals surface area (Å²) in [5.74, 6) is 0.307. The summed E-state index contributed by atoms with van der Waals surface area (Å²) < 4.78 is 10.5. The fourth-order valence-electron chi connectivity index (χ4n) is 4.12. The van der Waals surface area contributed by atoms with Gasteiger partial charge in [0.1, 0.15) is 11.3 Å². The molecule has 1 aromatic carbocycles. The minimum Gasteiger partial charge on any atom is -0.496 e. The van der Waals surface area contributed by atoms with Crippen molar-refractivity contribution in [3.05, 3.63) is 28.8 Å². The molecule has 6 nitrogen and oxygen atoms in total. The normalized spacial score (nSPS) is 23.0. The van der Waals surface area contributed by atoms with Crippen LogP contribution in [0.15, 0.2) is 18.2 Å². The highest BCUT2D eigenvalue weighted by molar-refractivity contribution is 6.30. The van der Waals surface area contributed by atoms with E-state index in [1.54, 1.807) is 30.2 Å². The molecule has 26 heavy (non-hydrogen) atoms. The monoisotopic (exact) mass is 380 g/mol. The smallest absolute Gasteiger partial charge is 0.258 e. The number of ether oxygens (including phenoxy) is 2. The third-order valence-electron chi connectivity index (χ3n) is 5.40. The van der Waals surface area contributed by atoms with E-state index in [4.69, 9.17) is 21.1 Å². The SMILES string of the molecule is COCCN1CCCC2(CCCN2C(=O)c2ccc(Cl)cc2OC)C1=O. The second-order valence-electron chi connectivity index (χ2n) is 6.83. The van der Waals surface area contributed by atoms with Gasteiger partial charge in [0.15, 0.2) is 0 Å². The Bertz CT molecular complexity index is 696. The summed E-state index contributed by atoms with van der Waals surface area (Å²) in [6, 6.07) is 4.98. The van der Waals surface area contributed by atoms with Crippen molar-refractivity contribution in [2.24, 2.45) is 0 Å². The van der Waals surface area contributed by atoms with E-state index in [-0.39, 0.29) is 11.8 Å². The average molecular weight is 381 g/mol. The van der Waals surface area contributed by atoms with E-state index in [2.05, 4.69) is 0 Å². The van der Waals surface area contributed by atoms with Crippen LogP contribution in [0, 0.1) is 0 Å². The Balaban J connectivity index is 1.90. The number of piperidine rings is 1. The van der Waals surface area contributed by atoms with E-state index in [0.29, 0.717) is 48.9 Å². The van der Waals surface area contributed by atoms with Gasteiger partial charge >= 0.3 is 0 Å². The number of amides is 2. The third kappa shape index (κ3) is 3.28. The molecule has 1 spiro atoms. The first-order valence-electron chi connectivity index (χ1n) is 8.97. The topological polar surface area (TPSA) is 59.1 Å².